The van der Waals surface area contributed by atoms with Crippen molar-refractivity contribution in [2.45, 2.75) is 62.9 Å². The number of carbonyl (C=O) groups is 2. The van der Waals surface area contributed by atoms with Crippen LogP contribution in [0.1, 0.15) is 44.2 Å². The largest absolute Gasteiger partial charge is 0.497 e. The van der Waals surface area contributed by atoms with Gasteiger partial charge in [-0.2, -0.15) is 0 Å². The molecule has 5 rings (SSSR count). The van der Waals surface area contributed by atoms with Crippen LogP contribution in [0, 0.1) is 5.92 Å². The lowest BCUT2D eigenvalue weighted by Gasteiger charge is -2.60. The number of likely N-dealkylation sites (tertiary alicyclic amines) is 1. The van der Waals surface area contributed by atoms with E-state index in [2.05, 4.69) is 36.9 Å². The Morgan fingerprint density at radius 1 is 1.21 bits per heavy atom. The summed E-state index contributed by atoms with van der Waals surface area (Å²) in [6, 6.07) is 7.07. The van der Waals surface area contributed by atoms with Gasteiger partial charge in [0.05, 0.1) is 19.8 Å². The van der Waals surface area contributed by atoms with Crippen LogP contribution in [0.15, 0.2) is 30.4 Å². The molecular weight excluding hydrogens is 426 g/mol. The zero-order valence-electron chi connectivity index (χ0n) is 19.5. The van der Waals surface area contributed by atoms with Crippen molar-refractivity contribution >= 4 is 11.9 Å². The van der Waals surface area contributed by atoms with Gasteiger partial charge in [-0.3, -0.25) is 4.90 Å². The molecule has 3 atom stereocenters. The molecule has 8 nitrogen and oxygen atoms in total. The van der Waals surface area contributed by atoms with Gasteiger partial charge in [0, 0.05) is 30.2 Å². The number of rotatable bonds is 5. The van der Waals surface area contributed by atoms with Crippen LogP contribution in [-0.4, -0.2) is 71.8 Å². The standard InChI is InChI=1S/C21H29NO3.C4H4O4/c1-20(2)24-13-21-8-9-22(12-14-4-5-14)18(19(21)25-20)10-15-6-7-16(23-3)11-17(15)21;5-3(6)1-2-4(7)8/h6-7,11,14,18-19H,4-5,8-10,12-13H2,1-3H3;1-2H,(H,5,6)(H,7,8)/b;2-1+/t18-,19+,21-;/m1./s1. The fourth-order valence-electron chi connectivity index (χ4n) is 5.35. The number of piperidine rings is 1. The molecule has 2 aliphatic heterocycles. The van der Waals surface area contributed by atoms with Crippen LogP contribution in [0.25, 0.3) is 0 Å². The van der Waals surface area contributed by atoms with Gasteiger partial charge in [0.25, 0.3) is 0 Å². The van der Waals surface area contributed by atoms with E-state index in [1.807, 2.05) is 0 Å². The Labute approximate surface area is 194 Å². The van der Waals surface area contributed by atoms with Crippen molar-refractivity contribution in [1.82, 2.24) is 4.90 Å². The third kappa shape index (κ3) is 5.08. The zero-order chi connectivity index (χ0) is 23.8. The lowest BCUT2D eigenvalue weighted by Crippen LogP contribution is -2.70. The van der Waals surface area contributed by atoms with Gasteiger partial charge in [0.2, 0.25) is 0 Å². The summed E-state index contributed by atoms with van der Waals surface area (Å²) in [7, 11) is 1.75. The normalized spacial score (nSPS) is 29.9. The molecule has 2 saturated heterocycles. The third-order valence-corrected chi connectivity index (χ3v) is 7.14. The predicted molar refractivity (Wildman–Crippen MR) is 120 cm³/mol. The number of benzene rings is 1. The van der Waals surface area contributed by atoms with Gasteiger partial charge < -0.3 is 24.4 Å². The predicted octanol–water partition coefficient (Wildman–Crippen LogP) is 2.84. The van der Waals surface area contributed by atoms with Crippen molar-refractivity contribution in [2.24, 2.45) is 5.92 Å². The van der Waals surface area contributed by atoms with Gasteiger partial charge in [-0.1, -0.05) is 6.07 Å². The van der Waals surface area contributed by atoms with E-state index in [0.29, 0.717) is 18.2 Å². The van der Waals surface area contributed by atoms with Gasteiger partial charge in [0.1, 0.15) is 5.75 Å². The second-order valence-corrected chi connectivity index (χ2v) is 9.88. The fraction of sp³-hybridized carbons (Fsp3) is 0.600. The summed E-state index contributed by atoms with van der Waals surface area (Å²) in [4.78, 5) is 21.8. The average molecular weight is 460 g/mol. The second-order valence-electron chi connectivity index (χ2n) is 9.88. The van der Waals surface area contributed by atoms with Crippen LogP contribution in [-0.2, 0) is 30.9 Å². The molecule has 2 aliphatic carbocycles. The maximum absolute atomic E-state index is 9.55. The van der Waals surface area contributed by atoms with E-state index in [4.69, 9.17) is 24.4 Å². The van der Waals surface area contributed by atoms with E-state index in [0.717, 1.165) is 37.7 Å². The van der Waals surface area contributed by atoms with Crippen molar-refractivity contribution in [1.29, 1.82) is 0 Å². The highest BCUT2D eigenvalue weighted by molar-refractivity contribution is 5.89. The highest BCUT2D eigenvalue weighted by atomic mass is 16.7. The quantitative estimate of drug-likeness (QED) is 0.648. The molecule has 4 aliphatic rings. The van der Waals surface area contributed by atoms with E-state index < -0.39 is 17.7 Å². The number of aliphatic carboxylic acids is 2. The average Bonchev–Trinajstić information content (AvgIpc) is 3.58. The molecule has 180 valence electrons. The summed E-state index contributed by atoms with van der Waals surface area (Å²) < 4.78 is 18.3. The van der Waals surface area contributed by atoms with Crippen LogP contribution < -0.4 is 4.74 Å². The monoisotopic (exact) mass is 459 g/mol. The summed E-state index contributed by atoms with van der Waals surface area (Å²) in [6.45, 7) is 7.26. The van der Waals surface area contributed by atoms with Crippen molar-refractivity contribution < 1.29 is 34.0 Å². The van der Waals surface area contributed by atoms with Crippen molar-refractivity contribution in [3.05, 3.63) is 41.5 Å². The topological polar surface area (TPSA) is 106 Å². The second kappa shape index (κ2) is 9.08. The van der Waals surface area contributed by atoms with Crippen molar-refractivity contribution in [3.63, 3.8) is 0 Å². The minimum Gasteiger partial charge on any atom is -0.497 e. The van der Waals surface area contributed by atoms with Crippen LogP contribution in [0.5, 0.6) is 5.75 Å². The first-order chi connectivity index (χ1) is 15.6. The first kappa shape index (κ1) is 23.7. The number of hydrogen-bond donors (Lipinski definition) is 2. The molecule has 0 spiro atoms. The Morgan fingerprint density at radius 2 is 1.91 bits per heavy atom. The molecule has 0 amide bonds. The molecule has 8 heteroatoms. The Kier molecular flexibility index (Phi) is 6.53. The molecule has 33 heavy (non-hydrogen) atoms. The smallest absolute Gasteiger partial charge is 0.328 e. The van der Waals surface area contributed by atoms with Gasteiger partial charge in [-0.05, 0) is 75.3 Å². The van der Waals surface area contributed by atoms with E-state index >= 15 is 0 Å². The van der Waals surface area contributed by atoms with E-state index in [1.165, 1.54) is 30.5 Å². The van der Waals surface area contributed by atoms with Crippen molar-refractivity contribution in [2.75, 3.05) is 26.8 Å². The molecule has 1 aromatic rings. The van der Waals surface area contributed by atoms with E-state index in [1.54, 1.807) is 7.11 Å². The summed E-state index contributed by atoms with van der Waals surface area (Å²) in [5.74, 6) is -1.15. The Bertz CT molecular complexity index is 923. The minimum atomic E-state index is -1.26. The van der Waals surface area contributed by atoms with Crippen LogP contribution in [0.3, 0.4) is 0 Å². The molecule has 0 unspecified atom stereocenters. The highest BCUT2D eigenvalue weighted by Gasteiger charge is 2.59. The Morgan fingerprint density at radius 3 is 2.52 bits per heavy atom. The SMILES string of the molecule is COc1ccc2c(c1)[C@]13CCN(CC4CC4)[C@H](C2)[C@@H]1OC(C)(C)OC3.O=C(O)/C=C/C(=O)O. The molecule has 2 N–H and O–H groups in total. The van der Waals surface area contributed by atoms with Crippen LogP contribution in [0.2, 0.25) is 0 Å². The van der Waals surface area contributed by atoms with Gasteiger partial charge in [-0.15, -0.1) is 0 Å². The molecule has 1 saturated carbocycles. The zero-order valence-corrected chi connectivity index (χ0v) is 19.5. The lowest BCUT2D eigenvalue weighted by atomic mass is 9.61. The molecule has 3 fully saturated rings. The number of ether oxygens (including phenoxy) is 3. The van der Waals surface area contributed by atoms with Gasteiger partial charge >= 0.3 is 11.9 Å². The van der Waals surface area contributed by atoms with Gasteiger partial charge in [0.15, 0.2) is 5.79 Å². The number of fused-ring (bicyclic) bond motifs is 1. The fourth-order valence-corrected chi connectivity index (χ4v) is 5.35. The maximum Gasteiger partial charge on any atom is 0.328 e. The number of carboxylic acids is 2. The molecule has 0 aromatic heterocycles. The summed E-state index contributed by atoms with van der Waals surface area (Å²) >= 11 is 0. The molecule has 2 heterocycles. The first-order valence-electron chi connectivity index (χ1n) is 11.5. The number of hydrogen-bond acceptors (Lipinski definition) is 6. The number of methoxy groups -OCH3 is 1. The van der Waals surface area contributed by atoms with E-state index in [-0.39, 0.29) is 11.5 Å². The van der Waals surface area contributed by atoms with E-state index in [9.17, 15) is 9.59 Å². The summed E-state index contributed by atoms with van der Waals surface area (Å²) in [6.07, 6.45) is 6.32. The van der Waals surface area contributed by atoms with Crippen LogP contribution >= 0.6 is 0 Å². The number of carboxylic acid groups (broad SMARTS) is 2. The number of nitrogens with zero attached hydrogens (tertiary/aromatic N) is 1. The highest BCUT2D eigenvalue weighted by Crippen LogP contribution is 2.52. The first-order valence-corrected chi connectivity index (χ1v) is 11.5. The third-order valence-electron chi connectivity index (χ3n) is 7.14. The minimum absolute atomic E-state index is 0.0254. The summed E-state index contributed by atoms with van der Waals surface area (Å²) in [5, 5.41) is 15.6. The molecule has 1 aromatic carbocycles. The lowest BCUT2D eigenvalue weighted by molar-refractivity contribution is -0.322. The summed E-state index contributed by atoms with van der Waals surface area (Å²) in [5.41, 5.74) is 2.83. The van der Waals surface area contributed by atoms with Gasteiger partial charge in [-0.25, -0.2) is 9.59 Å². The molecular formula is C25H33NO7. The molecule has 2 bridgehead atoms. The maximum atomic E-state index is 9.55. The Hall–Kier alpha value is -2.42. The van der Waals surface area contributed by atoms with Crippen molar-refractivity contribution in [3.8, 4) is 5.75 Å². The Balaban J connectivity index is 0.000000281. The van der Waals surface area contributed by atoms with Crippen LogP contribution in [0.4, 0.5) is 0 Å². The molecule has 0 radical (unpaired) electrons.